The van der Waals surface area contributed by atoms with Crippen LogP contribution in [0.1, 0.15) is 47.2 Å². The Morgan fingerprint density at radius 1 is 0.351 bits per heavy atom. The second kappa shape index (κ2) is 12.7. The van der Waals surface area contributed by atoms with Crippen molar-refractivity contribution < 1.29 is 4.74 Å². The molecule has 0 atom stereocenters. The van der Waals surface area contributed by atoms with Crippen LogP contribution in [0.25, 0.3) is 55.8 Å². The fraction of sp³-hybridized carbons (Fsp3) is 0.0741. The molecule has 2 aliphatic rings. The zero-order valence-corrected chi connectivity index (χ0v) is 31.8. The van der Waals surface area contributed by atoms with Crippen LogP contribution < -0.4 is 4.74 Å². The average Bonchev–Trinajstić information content (AvgIpc) is 3.28. The molecule has 3 nitrogen and oxygen atoms in total. The molecule has 1 aromatic heterocycles. The molecule has 1 aliphatic carbocycles. The Morgan fingerprint density at radius 3 is 1.61 bits per heavy atom. The average molecular weight is 731 g/mol. The zero-order chi connectivity index (χ0) is 38.1. The highest BCUT2D eigenvalue weighted by molar-refractivity contribution is 5.88. The summed E-state index contributed by atoms with van der Waals surface area (Å²) in [5, 5.41) is 2.39. The third kappa shape index (κ3) is 5.12. The lowest BCUT2D eigenvalue weighted by atomic mass is 9.53. The van der Waals surface area contributed by atoms with Gasteiger partial charge in [0.1, 0.15) is 11.5 Å². The maximum atomic E-state index is 6.79. The van der Waals surface area contributed by atoms with Crippen molar-refractivity contribution in [1.29, 1.82) is 0 Å². The van der Waals surface area contributed by atoms with E-state index in [1.807, 2.05) is 18.2 Å². The Morgan fingerprint density at radius 2 is 0.877 bits per heavy atom. The molecule has 57 heavy (non-hydrogen) atoms. The van der Waals surface area contributed by atoms with Crippen molar-refractivity contribution in [3.8, 4) is 56.5 Å². The van der Waals surface area contributed by atoms with E-state index in [2.05, 4.69) is 190 Å². The molecule has 0 fully saturated rings. The van der Waals surface area contributed by atoms with Crippen molar-refractivity contribution >= 4 is 10.8 Å². The van der Waals surface area contributed by atoms with E-state index >= 15 is 0 Å². The zero-order valence-electron chi connectivity index (χ0n) is 31.8. The van der Waals surface area contributed by atoms with E-state index in [0.29, 0.717) is 5.82 Å². The Bertz CT molecular complexity index is 2990. The van der Waals surface area contributed by atoms with Gasteiger partial charge in [0.15, 0.2) is 5.82 Å². The summed E-state index contributed by atoms with van der Waals surface area (Å²) in [7, 11) is 0. The van der Waals surface area contributed by atoms with Crippen LogP contribution in [0.15, 0.2) is 194 Å². The number of hydrogen-bond donors (Lipinski definition) is 0. The van der Waals surface area contributed by atoms with Crippen LogP contribution in [-0.2, 0) is 10.8 Å². The number of rotatable bonds is 4. The molecule has 1 spiro atoms. The Hall–Kier alpha value is -7.10. The minimum atomic E-state index is -0.577. The quantitative estimate of drug-likeness (QED) is 0.181. The first-order valence-corrected chi connectivity index (χ1v) is 19.6. The summed E-state index contributed by atoms with van der Waals surface area (Å²) >= 11 is 0. The molecule has 0 saturated carbocycles. The predicted molar refractivity (Wildman–Crippen MR) is 232 cm³/mol. The van der Waals surface area contributed by atoms with Crippen molar-refractivity contribution in [1.82, 2.24) is 9.97 Å². The topological polar surface area (TPSA) is 35.0 Å². The lowest BCUT2D eigenvalue weighted by Crippen LogP contribution is -2.43. The van der Waals surface area contributed by atoms with Gasteiger partial charge >= 0.3 is 0 Å². The van der Waals surface area contributed by atoms with Crippen molar-refractivity contribution in [2.24, 2.45) is 0 Å². The minimum Gasteiger partial charge on any atom is -0.457 e. The summed E-state index contributed by atoms with van der Waals surface area (Å²) in [4.78, 5) is 10.3. The first-order chi connectivity index (χ1) is 28.0. The summed E-state index contributed by atoms with van der Waals surface area (Å²) in [6, 6.07) is 69.5. The highest BCUT2D eigenvalue weighted by atomic mass is 16.5. The normalized spacial score (nSPS) is 14.2. The SMILES string of the molecule is CC1(C)c2ccccc2C2(c3ccccc3Oc3ccc(-c4cccc(-c5cc(-c6ccc7ccccc7c6)nc(-c6ccccc6)n5)c4)cc32)c2ccccc21. The van der Waals surface area contributed by atoms with Crippen LogP contribution in [0.4, 0.5) is 0 Å². The standard InChI is InChI=1S/C54H38N2O/c1-53(2)42-21-8-10-23-44(42)54(45-24-11-9-22-43(45)53)46-25-12-13-26-50(46)57-51-30-29-39(33-47(51)54)38-19-14-20-40(32-38)48-34-49(56-52(55-48)36-16-4-3-5-17-36)41-28-27-35-15-6-7-18-37(35)31-41/h3-34H,1-2H3. The predicted octanol–water partition coefficient (Wildman–Crippen LogP) is 13.4. The van der Waals surface area contributed by atoms with Crippen LogP contribution in [0.2, 0.25) is 0 Å². The van der Waals surface area contributed by atoms with Crippen molar-refractivity contribution in [2.75, 3.05) is 0 Å². The van der Waals surface area contributed by atoms with E-state index in [0.717, 1.165) is 61.8 Å². The Kier molecular flexibility index (Phi) is 7.42. The molecule has 0 bridgehead atoms. The largest absolute Gasteiger partial charge is 0.457 e. The van der Waals surface area contributed by atoms with Crippen LogP contribution in [0.5, 0.6) is 11.5 Å². The molecular weight excluding hydrogens is 693 g/mol. The fourth-order valence-corrected chi connectivity index (χ4v) is 9.47. The van der Waals surface area contributed by atoms with Gasteiger partial charge < -0.3 is 4.74 Å². The van der Waals surface area contributed by atoms with Crippen LogP contribution in [-0.4, -0.2) is 9.97 Å². The van der Waals surface area contributed by atoms with Gasteiger partial charge in [-0.1, -0.05) is 172 Å². The first-order valence-electron chi connectivity index (χ1n) is 19.6. The third-order valence-corrected chi connectivity index (χ3v) is 12.2. The van der Waals surface area contributed by atoms with Crippen LogP contribution in [0.3, 0.4) is 0 Å². The van der Waals surface area contributed by atoms with E-state index in [1.54, 1.807) is 0 Å². The van der Waals surface area contributed by atoms with Gasteiger partial charge in [0.05, 0.1) is 16.8 Å². The summed E-state index contributed by atoms with van der Waals surface area (Å²) in [5.74, 6) is 2.47. The van der Waals surface area contributed by atoms with Gasteiger partial charge in [-0.2, -0.15) is 0 Å². The highest BCUT2D eigenvalue weighted by Gasteiger charge is 2.52. The number of aromatic nitrogens is 2. The van der Waals surface area contributed by atoms with Crippen LogP contribution in [0, 0.1) is 0 Å². The summed E-state index contributed by atoms with van der Waals surface area (Å²) < 4.78 is 6.79. The first kappa shape index (κ1) is 33.3. The Labute approximate surface area is 333 Å². The molecule has 0 N–H and O–H groups in total. The van der Waals surface area contributed by atoms with E-state index in [-0.39, 0.29) is 5.41 Å². The lowest BCUT2D eigenvalue weighted by molar-refractivity contribution is 0.425. The number of hydrogen-bond acceptors (Lipinski definition) is 3. The molecule has 1 aliphatic heterocycles. The molecule has 0 amide bonds. The summed E-state index contributed by atoms with van der Waals surface area (Å²) in [5.41, 5.74) is 13.9. The Balaban J connectivity index is 1.10. The number of nitrogens with zero attached hydrogens (tertiary/aromatic N) is 2. The van der Waals surface area contributed by atoms with Crippen molar-refractivity contribution in [3.63, 3.8) is 0 Å². The maximum Gasteiger partial charge on any atom is 0.160 e. The highest BCUT2D eigenvalue weighted by Crippen LogP contribution is 2.61. The van der Waals surface area contributed by atoms with Gasteiger partial charge in [0, 0.05) is 33.2 Å². The van der Waals surface area contributed by atoms with Crippen LogP contribution >= 0.6 is 0 Å². The van der Waals surface area contributed by atoms with Gasteiger partial charge in [-0.15, -0.1) is 0 Å². The van der Waals surface area contributed by atoms with Gasteiger partial charge in [-0.05, 0) is 80.6 Å². The summed E-state index contributed by atoms with van der Waals surface area (Å²) in [6.07, 6.45) is 0. The van der Waals surface area contributed by atoms with Gasteiger partial charge in [-0.3, -0.25) is 0 Å². The van der Waals surface area contributed by atoms with Gasteiger partial charge in [0.2, 0.25) is 0 Å². The molecule has 270 valence electrons. The molecule has 11 rings (SSSR count). The maximum absolute atomic E-state index is 6.79. The smallest absolute Gasteiger partial charge is 0.160 e. The number of para-hydroxylation sites is 1. The minimum absolute atomic E-state index is 0.181. The lowest BCUT2D eigenvalue weighted by Gasteiger charge is -2.50. The summed E-state index contributed by atoms with van der Waals surface area (Å²) in [6.45, 7) is 4.71. The molecule has 9 aromatic rings. The monoisotopic (exact) mass is 730 g/mol. The third-order valence-electron chi connectivity index (χ3n) is 12.2. The number of benzene rings is 8. The fourth-order valence-electron chi connectivity index (χ4n) is 9.47. The second-order valence-corrected chi connectivity index (χ2v) is 15.7. The molecular formula is C54H38N2O. The van der Waals surface area contributed by atoms with E-state index in [4.69, 9.17) is 14.7 Å². The number of ether oxygens (including phenoxy) is 1. The van der Waals surface area contributed by atoms with E-state index in [1.165, 1.54) is 33.0 Å². The molecule has 0 saturated heterocycles. The van der Waals surface area contributed by atoms with Crippen molar-refractivity contribution in [3.05, 3.63) is 228 Å². The molecule has 8 aromatic carbocycles. The number of fused-ring (bicyclic) bond motifs is 9. The van der Waals surface area contributed by atoms with Gasteiger partial charge in [0.25, 0.3) is 0 Å². The molecule has 3 heteroatoms. The van der Waals surface area contributed by atoms with Gasteiger partial charge in [-0.25, -0.2) is 9.97 Å². The van der Waals surface area contributed by atoms with Crippen molar-refractivity contribution in [2.45, 2.75) is 24.7 Å². The second-order valence-electron chi connectivity index (χ2n) is 15.7. The van der Waals surface area contributed by atoms with E-state index < -0.39 is 5.41 Å². The van der Waals surface area contributed by atoms with E-state index in [9.17, 15) is 0 Å². The molecule has 0 unspecified atom stereocenters. The molecule has 0 radical (unpaired) electrons. The molecule has 2 heterocycles.